The van der Waals surface area contributed by atoms with Gasteiger partial charge in [0.05, 0.1) is 13.2 Å². The molecule has 2 N–H and O–H groups in total. The Kier molecular flexibility index (Phi) is 5.36. The first-order valence-electron chi connectivity index (χ1n) is 7.23. The molecule has 0 fully saturated rings. The average molecular weight is 288 g/mol. The van der Waals surface area contributed by atoms with Crippen LogP contribution in [0.4, 0.5) is 0 Å². The number of rotatable bonds is 7. The molecule has 5 nitrogen and oxygen atoms in total. The van der Waals surface area contributed by atoms with Crippen LogP contribution in [0.15, 0.2) is 36.7 Å². The minimum Gasteiger partial charge on any atom is -0.494 e. The predicted molar refractivity (Wildman–Crippen MR) is 84.1 cm³/mol. The van der Waals surface area contributed by atoms with E-state index < -0.39 is 0 Å². The summed E-state index contributed by atoms with van der Waals surface area (Å²) in [5.74, 6) is 1.92. The first-order chi connectivity index (χ1) is 10.1. The summed E-state index contributed by atoms with van der Waals surface area (Å²) < 4.78 is 7.47. The molecule has 0 aliphatic carbocycles. The Morgan fingerprint density at radius 3 is 2.62 bits per heavy atom. The molecule has 1 aromatic heterocycles. The van der Waals surface area contributed by atoms with Crippen LogP contribution in [0.1, 0.15) is 24.4 Å². The van der Waals surface area contributed by atoms with E-state index in [1.54, 1.807) is 0 Å². The Hall–Kier alpha value is -1.85. The number of aromatic nitrogens is 2. The average Bonchev–Trinajstić information content (AvgIpc) is 2.85. The lowest BCUT2D eigenvalue weighted by molar-refractivity contribution is 0.294. The standard InChI is InChI=1S/C16H24N4O/c1-4-21-14-7-5-13(6-8-14)15(17)11-19(2)12-16-18-9-10-20(16)3/h5-10,15H,4,11-12,17H2,1-3H3. The Morgan fingerprint density at radius 1 is 1.33 bits per heavy atom. The molecule has 0 saturated heterocycles. The number of nitrogens with zero attached hydrogens (tertiary/aromatic N) is 3. The molecule has 5 heteroatoms. The van der Waals surface area contributed by atoms with Gasteiger partial charge in [-0.25, -0.2) is 4.98 Å². The number of ether oxygens (including phenoxy) is 1. The fraction of sp³-hybridized carbons (Fsp3) is 0.438. The van der Waals surface area contributed by atoms with Crippen molar-refractivity contribution < 1.29 is 4.74 Å². The number of likely N-dealkylation sites (N-methyl/N-ethyl adjacent to an activating group) is 1. The number of hydrogen-bond acceptors (Lipinski definition) is 4. The molecule has 0 amide bonds. The number of benzene rings is 1. The van der Waals surface area contributed by atoms with Gasteiger partial charge in [0.1, 0.15) is 11.6 Å². The van der Waals surface area contributed by atoms with Crippen molar-refractivity contribution in [1.82, 2.24) is 14.5 Å². The van der Waals surface area contributed by atoms with Gasteiger partial charge in [-0.05, 0) is 31.7 Å². The highest BCUT2D eigenvalue weighted by Crippen LogP contribution is 2.17. The summed E-state index contributed by atoms with van der Waals surface area (Å²) >= 11 is 0. The number of aryl methyl sites for hydroxylation is 1. The summed E-state index contributed by atoms with van der Waals surface area (Å²) in [6.07, 6.45) is 3.77. The van der Waals surface area contributed by atoms with Crippen molar-refractivity contribution in [3.63, 3.8) is 0 Å². The normalized spacial score (nSPS) is 12.6. The van der Waals surface area contributed by atoms with Crippen molar-refractivity contribution in [2.45, 2.75) is 19.5 Å². The zero-order valence-corrected chi connectivity index (χ0v) is 13.0. The van der Waals surface area contributed by atoms with E-state index in [-0.39, 0.29) is 6.04 Å². The summed E-state index contributed by atoms with van der Waals surface area (Å²) in [5, 5.41) is 0. The highest BCUT2D eigenvalue weighted by atomic mass is 16.5. The second-order valence-corrected chi connectivity index (χ2v) is 5.26. The molecular formula is C16H24N4O. The largest absolute Gasteiger partial charge is 0.494 e. The molecule has 0 radical (unpaired) electrons. The zero-order valence-electron chi connectivity index (χ0n) is 13.0. The van der Waals surface area contributed by atoms with Crippen molar-refractivity contribution >= 4 is 0 Å². The van der Waals surface area contributed by atoms with E-state index in [0.717, 1.165) is 30.2 Å². The number of nitrogens with two attached hydrogens (primary N) is 1. The maximum atomic E-state index is 6.28. The summed E-state index contributed by atoms with van der Waals surface area (Å²) in [4.78, 5) is 6.52. The molecule has 2 aromatic rings. The van der Waals surface area contributed by atoms with E-state index in [2.05, 4.69) is 16.9 Å². The van der Waals surface area contributed by atoms with E-state index in [9.17, 15) is 0 Å². The maximum Gasteiger partial charge on any atom is 0.122 e. The van der Waals surface area contributed by atoms with E-state index in [0.29, 0.717) is 6.61 Å². The zero-order chi connectivity index (χ0) is 15.2. The van der Waals surface area contributed by atoms with Gasteiger partial charge in [0.15, 0.2) is 0 Å². The fourth-order valence-corrected chi connectivity index (χ4v) is 2.27. The molecule has 0 bridgehead atoms. The van der Waals surface area contributed by atoms with Crippen molar-refractivity contribution in [3.8, 4) is 5.75 Å². The molecule has 2 rings (SSSR count). The summed E-state index contributed by atoms with van der Waals surface area (Å²) in [6.45, 7) is 4.22. The van der Waals surface area contributed by atoms with Crippen molar-refractivity contribution in [2.75, 3.05) is 20.2 Å². The molecular weight excluding hydrogens is 264 g/mol. The Bertz CT molecular complexity index is 550. The van der Waals surface area contributed by atoms with Gasteiger partial charge in [-0.1, -0.05) is 12.1 Å². The van der Waals surface area contributed by atoms with Crippen LogP contribution in [-0.4, -0.2) is 34.7 Å². The van der Waals surface area contributed by atoms with Crippen LogP contribution >= 0.6 is 0 Å². The number of imidazole rings is 1. The summed E-state index contributed by atoms with van der Waals surface area (Å²) in [5.41, 5.74) is 7.39. The summed E-state index contributed by atoms with van der Waals surface area (Å²) in [7, 11) is 4.06. The molecule has 0 aliphatic heterocycles. The van der Waals surface area contributed by atoms with Crippen molar-refractivity contribution in [1.29, 1.82) is 0 Å². The fourth-order valence-electron chi connectivity index (χ4n) is 2.27. The molecule has 21 heavy (non-hydrogen) atoms. The Balaban J connectivity index is 1.91. The smallest absolute Gasteiger partial charge is 0.122 e. The third-order valence-electron chi connectivity index (χ3n) is 3.46. The van der Waals surface area contributed by atoms with Crippen LogP contribution in [-0.2, 0) is 13.6 Å². The molecule has 114 valence electrons. The van der Waals surface area contributed by atoms with Gasteiger partial charge in [-0.2, -0.15) is 0 Å². The van der Waals surface area contributed by atoms with Gasteiger partial charge in [-0.3, -0.25) is 4.90 Å². The minimum absolute atomic E-state index is 0.0223. The van der Waals surface area contributed by atoms with Gasteiger partial charge in [0.2, 0.25) is 0 Å². The van der Waals surface area contributed by atoms with Crippen molar-refractivity contribution in [3.05, 3.63) is 48.0 Å². The van der Waals surface area contributed by atoms with Crippen LogP contribution in [0.3, 0.4) is 0 Å². The molecule has 0 spiro atoms. The van der Waals surface area contributed by atoms with Crippen LogP contribution < -0.4 is 10.5 Å². The number of hydrogen-bond donors (Lipinski definition) is 1. The summed E-state index contributed by atoms with van der Waals surface area (Å²) in [6, 6.07) is 7.98. The van der Waals surface area contributed by atoms with Crippen LogP contribution in [0.2, 0.25) is 0 Å². The second kappa shape index (κ2) is 7.24. The molecule has 1 unspecified atom stereocenters. The van der Waals surface area contributed by atoms with Gasteiger partial charge in [-0.15, -0.1) is 0 Å². The van der Waals surface area contributed by atoms with Crippen molar-refractivity contribution in [2.24, 2.45) is 12.8 Å². The lowest BCUT2D eigenvalue weighted by Gasteiger charge is -2.21. The Labute approximate surface area is 126 Å². The third-order valence-corrected chi connectivity index (χ3v) is 3.46. The molecule has 1 aromatic carbocycles. The molecule has 1 heterocycles. The van der Waals surface area contributed by atoms with E-state index in [1.807, 2.05) is 55.2 Å². The maximum absolute atomic E-state index is 6.28. The molecule has 0 aliphatic rings. The van der Waals surface area contributed by atoms with Gasteiger partial charge >= 0.3 is 0 Å². The van der Waals surface area contributed by atoms with E-state index in [1.165, 1.54) is 0 Å². The first kappa shape index (κ1) is 15.5. The minimum atomic E-state index is -0.0223. The second-order valence-electron chi connectivity index (χ2n) is 5.26. The van der Waals surface area contributed by atoms with Crippen LogP contribution in [0.25, 0.3) is 0 Å². The lowest BCUT2D eigenvalue weighted by atomic mass is 10.1. The van der Waals surface area contributed by atoms with E-state index >= 15 is 0 Å². The highest BCUT2D eigenvalue weighted by Gasteiger charge is 2.11. The Morgan fingerprint density at radius 2 is 2.05 bits per heavy atom. The SMILES string of the molecule is CCOc1ccc(C(N)CN(C)Cc2nccn2C)cc1. The van der Waals surface area contributed by atoms with Gasteiger partial charge < -0.3 is 15.0 Å². The topological polar surface area (TPSA) is 56.3 Å². The van der Waals surface area contributed by atoms with Crippen LogP contribution in [0.5, 0.6) is 5.75 Å². The molecule has 0 saturated carbocycles. The molecule has 1 atom stereocenters. The van der Waals surface area contributed by atoms with Crippen LogP contribution in [0, 0.1) is 0 Å². The first-order valence-corrected chi connectivity index (χ1v) is 7.23. The highest BCUT2D eigenvalue weighted by molar-refractivity contribution is 5.29. The van der Waals surface area contributed by atoms with Gasteiger partial charge in [0, 0.05) is 32.0 Å². The lowest BCUT2D eigenvalue weighted by Crippen LogP contribution is -2.29. The third kappa shape index (κ3) is 4.31. The quantitative estimate of drug-likeness (QED) is 0.846. The van der Waals surface area contributed by atoms with Gasteiger partial charge in [0.25, 0.3) is 0 Å². The monoisotopic (exact) mass is 288 g/mol. The van der Waals surface area contributed by atoms with E-state index in [4.69, 9.17) is 10.5 Å². The predicted octanol–water partition coefficient (Wildman–Crippen LogP) is 1.95.